The molecular formula is C13H10ClN3O4S. The lowest BCUT2D eigenvalue weighted by molar-refractivity contribution is -0.385. The monoisotopic (exact) mass is 339 g/mol. The minimum absolute atomic E-state index is 0.252. The van der Waals surface area contributed by atoms with Crippen LogP contribution in [0.3, 0.4) is 0 Å². The molecule has 0 atom stereocenters. The Morgan fingerprint density at radius 2 is 1.91 bits per heavy atom. The van der Waals surface area contributed by atoms with E-state index in [4.69, 9.17) is 11.6 Å². The first-order valence-corrected chi connectivity index (χ1v) is 7.80. The van der Waals surface area contributed by atoms with Crippen LogP contribution >= 0.6 is 11.6 Å². The number of hydrogen-bond donors (Lipinski definition) is 1. The lowest BCUT2D eigenvalue weighted by Crippen LogP contribution is -2.18. The van der Waals surface area contributed by atoms with Gasteiger partial charge in [-0.05, 0) is 12.1 Å². The molecule has 0 amide bonds. The summed E-state index contributed by atoms with van der Waals surface area (Å²) >= 11 is 5.90. The van der Waals surface area contributed by atoms with Crippen LogP contribution < -0.4 is 4.83 Å². The normalized spacial score (nSPS) is 11.5. The van der Waals surface area contributed by atoms with E-state index in [0.29, 0.717) is 10.6 Å². The summed E-state index contributed by atoms with van der Waals surface area (Å²) in [5.41, 5.74) is 0.212. The predicted octanol–water partition coefficient (Wildman–Crippen LogP) is 2.56. The van der Waals surface area contributed by atoms with Crippen LogP contribution in [0.25, 0.3) is 0 Å². The molecule has 9 heteroatoms. The van der Waals surface area contributed by atoms with Crippen molar-refractivity contribution in [2.75, 3.05) is 0 Å². The molecule has 114 valence electrons. The number of rotatable bonds is 5. The quantitative estimate of drug-likeness (QED) is 0.513. The number of hydrazone groups is 1. The van der Waals surface area contributed by atoms with Gasteiger partial charge in [-0.1, -0.05) is 35.9 Å². The molecule has 0 unspecified atom stereocenters. The van der Waals surface area contributed by atoms with Gasteiger partial charge in [0.15, 0.2) is 0 Å². The molecule has 2 aromatic carbocycles. The van der Waals surface area contributed by atoms with Crippen molar-refractivity contribution in [1.29, 1.82) is 0 Å². The minimum atomic E-state index is -3.99. The second-order valence-corrected chi connectivity index (χ2v) is 6.20. The van der Waals surface area contributed by atoms with Gasteiger partial charge in [0.2, 0.25) is 0 Å². The van der Waals surface area contributed by atoms with Crippen molar-refractivity contribution in [3.05, 3.63) is 69.2 Å². The molecule has 1 N–H and O–H groups in total. The second kappa shape index (κ2) is 6.54. The Bertz CT molecular complexity index is 837. The fraction of sp³-hybridized carbons (Fsp3) is 0. The number of benzene rings is 2. The first-order chi connectivity index (χ1) is 10.4. The van der Waals surface area contributed by atoms with Crippen molar-refractivity contribution in [2.24, 2.45) is 5.10 Å². The van der Waals surface area contributed by atoms with Crippen LogP contribution in [-0.4, -0.2) is 19.6 Å². The van der Waals surface area contributed by atoms with Crippen LogP contribution in [0.5, 0.6) is 0 Å². The standard InChI is InChI=1S/C13H10ClN3O4S/c14-13-7-2-1-4-10(13)9-15-16-22(20,21)12-6-3-5-11(8-12)17(18)19/h1-9,16H/b15-9+. The van der Waals surface area contributed by atoms with Crippen LogP contribution in [0.2, 0.25) is 5.02 Å². The van der Waals surface area contributed by atoms with E-state index < -0.39 is 14.9 Å². The molecule has 0 aromatic heterocycles. The molecule has 0 saturated carbocycles. The van der Waals surface area contributed by atoms with Crippen molar-refractivity contribution in [3.8, 4) is 0 Å². The Balaban J connectivity index is 2.20. The highest BCUT2D eigenvalue weighted by molar-refractivity contribution is 7.89. The lowest BCUT2D eigenvalue weighted by atomic mass is 10.2. The molecule has 0 spiro atoms. The minimum Gasteiger partial charge on any atom is -0.258 e. The maximum Gasteiger partial charge on any atom is 0.276 e. The maximum absolute atomic E-state index is 12.0. The number of sulfonamides is 1. The third-order valence-electron chi connectivity index (χ3n) is 2.62. The summed E-state index contributed by atoms with van der Waals surface area (Å²) in [7, 11) is -3.99. The van der Waals surface area contributed by atoms with Crippen molar-refractivity contribution in [1.82, 2.24) is 4.83 Å². The molecule has 0 bridgehead atoms. The number of hydrogen-bond acceptors (Lipinski definition) is 5. The molecule has 2 aromatic rings. The Labute approximate surface area is 131 Å². The van der Waals surface area contributed by atoms with Crippen molar-refractivity contribution >= 4 is 33.5 Å². The van der Waals surface area contributed by atoms with Gasteiger partial charge in [-0.25, -0.2) is 4.83 Å². The van der Waals surface area contributed by atoms with Gasteiger partial charge in [-0.15, -0.1) is 0 Å². The van der Waals surface area contributed by atoms with Crippen LogP contribution in [0.4, 0.5) is 5.69 Å². The van der Waals surface area contributed by atoms with Gasteiger partial charge in [0.1, 0.15) is 0 Å². The van der Waals surface area contributed by atoms with E-state index in [1.165, 1.54) is 24.4 Å². The molecule has 0 radical (unpaired) electrons. The van der Waals surface area contributed by atoms with Crippen molar-refractivity contribution in [2.45, 2.75) is 4.90 Å². The molecule has 0 saturated heterocycles. The Morgan fingerprint density at radius 3 is 2.59 bits per heavy atom. The number of nitrogens with one attached hydrogen (secondary N) is 1. The van der Waals surface area contributed by atoms with Gasteiger partial charge in [0, 0.05) is 22.7 Å². The summed E-state index contributed by atoms with van der Waals surface area (Å²) in [5.74, 6) is 0. The highest BCUT2D eigenvalue weighted by Gasteiger charge is 2.16. The first kappa shape index (κ1) is 15.9. The lowest BCUT2D eigenvalue weighted by Gasteiger charge is -2.03. The number of nitrogens with zero attached hydrogens (tertiary/aromatic N) is 2. The highest BCUT2D eigenvalue weighted by Crippen LogP contribution is 2.17. The molecule has 2 rings (SSSR count). The van der Waals surface area contributed by atoms with Gasteiger partial charge in [-0.2, -0.15) is 13.5 Å². The van der Waals surface area contributed by atoms with Crippen LogP contribution in [0.1, 0.15) is 5.56 Å². The van der Waals surface area contributed by atoms with Gasteiger partial charge in [-0.3, -0.25) is 10.1 Å². The van der Waals surface area contributed by atoms with Crippen molar-refractivity contribution in [3.63, 3.8) is 0 Å². The Hall–Kier alpha value is -2.45. The first-order valence-electron chi connectivity index (χ1n) is 5.94. The van der Waals surface area contributed by atoms with E-state index in [-0.39, 0.29) is 10.6 Å². The molecular weight excluding hydrogens is 330 g/mol. The molecule has 0 fully saturated rings. The average molecular weight is 340 g/mol. The fourth-order valence-electron chi connectivity index (χ4n) is 1.56. The van der Waals surface area contributed by atoms with Gasteiger partial charge < -0.3 is 0 Å². The van der Waals surface area contributed by atoms with E-state index in [1.54, 1.807) is 24.3 Å². The zero-order valence-electron chi connectivity index (χ0n) is 11.0. The molecule has 22 heavy (non-hydrogen) atoms. The maximum atomic E-state index is 12.0. The molecule has 0 aliphatic heterocycles. The number of halogens is 1. The zero-order valence-corrected chi connectivity index (χ0v) is 12.6. The third kappa shape index (κ3) is 3.80. The number of nitro groups is 1. The summed E-state index contributed by atoms with van der Waals surface area (Å²) in [6.07, 6.45) is 1.25. The summed E-state index contributed by atoms with van der Waals surface area (Å²) in [5, 5.41) is 14.7. The van der Waals surface area contributed by atoms with Gasteiger partial charge >= 0.3 is 0 Å². The SMILES string of the molecule is O=[N+]([O-])c1cccc(S(=O)(=O)N/N=C/c2ccccc2Cl)c1. The van der Waals surface area contributed by atoms with E-state index in [2.05, 4.69) is 5.10 Å². The molecule has 0 aliphatic rings. The topological polar surface area (TPSA) is 102 Å². The van der Waals surface area contributed by atoms with Gasteiger partial charge in [0.05, 0.1) is 16.0 Å². The smallest absolute Gasteiger partial charge is 0.258 e. The average Bonchev–Trinajstić information content (AvgIpc) is 2.49. The Morgan fingerprint density at radius 1 is 1.18 bits per heavy atom. The molecule has 7 nitrogen and oxygen atoms in total. The summed E-state index contributed by atoms with van der Waals surface area (Å²) in [4.78, 5) is 11.7. The molecule has 0 heterocycles. The van der Waals surface area contributed by atoms with Crippen LogP contribution in [0, 0.1) is 10.1 Å². The van der Waals surface area contributed by atoms with E-state index in [0.717, 1.165) is 6.07 Å². The number of non-ortho nitro benzene ring substituents is 1. The highest BCUT2D eigenvalue weighted by atomic mass is 35.5. The van der Waals surface area contributed by atoms with E-state index >= 15 is 0 Å². The second-order valence-electron chi connectivity index (χ2n) is 4.13. The van der Waals surface area contributed by atoms with E-state index in [9.17, 15) is 18.5 Å². The summed E-state index contributed by atoms with van der Waals surface area (Å²) in [6.45, 7) is 0. The fourth-order valence-corrected chi connectivity index (χ4v) is 2.58. The number of nitro benzene ring substituents is 1. The largest absolute Gasteiger partial charge is 0.276 e. The van der Waals surface area contributed by atoms with E-state index in [1.807, 2.05) is 4.83 Å². The summed E-state index contributed by atoms with van der Waals surface area (Å²) < 4.78 is 24.0. The zero-order chi connectivity index (χ0) is 16.2. The summed E-state index contributed by atoms with van der Waals surface area (Å²) in [6, 6.07) is 11.4. The van der Waals surface area contributed by atoms with Gasteiger partial charge in [0.25, 0.3) is 15.7 Å². The van der Waals surface area contributed by atoms with Crippen LogP contribution in [0.15, 0.2) is 58.5 Å². The Kier molecular flexibility index (Phi) is 4.74. The third-order valence-corrected chi connectivity index (χ3v) is 4.18. The molecule has 0 aliphatic carbocycles. The predicted molar refractivity (Wildman–Crippen MR) is 82.5 cm³/mol. The van der Waals surface area contributed by atoms with Crippen LogP contribution in [-0.2, 0) is 10.0 Å². The van der Waals surface area contributed by atoms with Crippen molar-refractivity contribution < 1.29 is 13.3 Å².